The first-order chi connectivity index (χ1) is 10.2. The van der Waals surface area contributed by atoms with E-state index in [1.54, 1.807) is 0 Å². The van der Waals surface area contributed by atoms with Crippen LogP contribution in [0.3, 0.4) is 0 Å². The molecule has 1 aromatic carbocycles. The molecular formula is C17H24BrN3. The molecule has 1 heterocycles. The van der Waals surface area contributed by atoms with Crippen molar-refractivity contribution in [2.24, 2.45) is 0 Å². The Kier molecular flexibility index (Phi) is 6.46. The fourth-order valence-corrected chi connectivity index (χ4v) is 2.91. The minimum absolute atomic E-state index is 0.836. The van der Waals surface area contributed by atoms with Gasteiger partial charge in [-0.2, -0.15) is 5.10 Å². The van der Waals surface area contributed by atoms with E-state index in [0.29, 0.717) is 0 Å². The molecule has 0 saturated heterocycles. The Bertz CT molecular complexity index is 563. The summed E-state index contributed by atoms with van der Waals surface area (Å²) in [6.45, 7) is 7.23. The smallest absolute Gasteiger partial charge is 0.0663 e. The highest BCUT2D eigenvalue weighted by molar-refractivity contribution is 9.10. The summed E-state index contributed by atoms with van der Waals surface area (Å²) in [5.41, 5.74) is 3.97. The van der Waals surface area contributed by atoms with Gasteiger partial charge in [-0.15, -0.1) is 0 Å². The van der Waals surface area contributed by atoms with E-state index in [1.165, 1.54) is 16.8 Å². The quantitative estimate of drug-likeness (QED) is 0.725. The first-order valence-electron chi connectivity index (χ1n) is 7.73. The predicted octanol–water partition coefficient (Wildman–Crippen LogP) is 4.15. The van der Waals surface area contributed by atoms with Crippen molar-refractivity contribution in [1.29, 1.82) is 0 Å². The second-order valence-corrected chi connectivity index (χ2v) is 6.25. The third kappa shape index (κ3) is 4.68. The maximum Gasteiger partial charge on any atom is 0.0663 e. The van der Waals surface area contributed by atoms with Crippen LogP contribution in [0.1, 0.15) is 43.5 Å². The molecular weight excluding hydrogens is 326 g/mol. The van der Waals surface area contributed by atoms with Gasteiger partial charge < -0.3 is 5.32 Å². The molecule has 4 heteroatoms. The van der Waals surface area contributed by atoms with E-state index in [-0.39, 0.29) is 0 Å². The van der Waals surface area contributed by atoms with Crippen LogP contribution in [0.5, 0.6) is 0 Å². The SMILES string of the molecule is CCCNCc1cnn(Cc2cccc(Br)c2)c1CCC. The summed E-state index contributed by atoms with van der Waals surface area (Å²) >= 11 is 3.53. The molecule has 0 atom stereocenters. The zero-order valence-electron chi connectivity index (χ0n) is 12.9. The van der Waals surface area contributed by atoms with E-state index in [4.69, 9.17) is 0 Å². The van der Waals surface area contributed by atoms with Gasteiger partial charge in [0.05, 0.1) is 12.7 Å². The van der Waals surface area contributed by atoms with Crippen LogP contribution in [0.2, 0.25) is 0 Å². The molecule has 1 aromatic heterocycles. The summed E-state index contributed by atoms with van der Waals surface area (Å²) in [6.07, 6.45) is 5.41. The molecule has 21 heavy (non-hydrogen) atoms. The number of aromatic nitrogens is 2. The average molecular weight is 350 g/mol. The molecule has 2 aromatic rings. The van der Waals surface area contributed by atoms with Crippen LogP contribution in [0, 0.1) is 0 Å². The molecule has 0 fully saturated rings. The molecule has 0 unspecified atom stereocenters. The molecule has 0 aliphatic rings. The van der Waals surface area contributed by atoms with Gasteiger partial charge in [-0.05, 0) is 37.1 Å². The van der Waals surface area contributed by atoms with E-state index < -0.39 is 0 Å². The Balaban J connectivity index is 2.14. The molecule has 0 radical (unpaired) electrons. The van der Waals surface area contributed by atoms with E-state index >= 15 is 0 Å². The highest BCUT2D eigenvalue weighted by Crippen LogP contribution is 2.16. The van der Waals surface area contributed by atoms with Gasteiger partial charge in [0.2, 0.25) is 0 Å². The van der Waals surface area contributed by atoms with Gasteiger partial charge in [-0.1, -0.05) is 48.3 Å². The van der Waals surface area contributed by atoms with Gasteiger partial charge in [0.15, 0.2) is 0 Å². The van der Waals surface area contributed by atoms with Crippen LogP contribution < -0.4 is 5.32 Å². The Labute approximate surface area is 135 Å². The van der Waals surface area contributed by atoms with Gasteiger partial charge >= 0.3 is 0 Å². The molecule has 0 amide bonds. The van der Waals surface area contributed by atoms with Crippen molar-refractivity contribution in [1.82, 2.24) is 15.1 Å². The molecule has 114 valence electrons. The summed E-state index contributed by atoms with van der Waals surface area (Å²) in [4.78, 5) is 0. The number of halogens is 1. The van der Waals surface area contributed by atoms with Gasteiger partial charge in [0.25, 0.3) is 0 Å². The second kappa shape index (κ2) is 8.35. The lowest BCUT2D eigenvalue weighted by atomic mass is 10.1. The number of hydrogen-bond acceptors (Lipinski definition) is 2. The monoisotopic (exact) mass is 349 g/mol. The average Bonchev–Trinajstić information content (AvgIpc) is 2.83. The zero-order chi connectivity index (χ0) is 15.1. The third-order valence-electron chi connectivity index (χ3n) is 3.49. The molecule has 1 N–H and O–H groups in total. The minimum atomic E-state index is 0.836. The molecule has 0 spiro atoms. The van der Waals surface area contributed by atoms with Crippen molar-refractivity contribution in [3.63, 3.8) is 0 Å². The molecule has 0 aliphatic heterocycles. The number of benzene rings is 1. The highest BCUT2D eigenvalue weighted by Gasteiger charge is 2.10. The standard InChI is InChI=1S/C17H24BrN3/c1-3-6-17-15(11-19-9-4-2)12-20-21(17)13-14-7-5-8-16(18)10-14/h5,7-8,10,12,19H,3-4,6,9,11,13H2,1-2H3. The van der Waals surface area contributed by atoms with Gasteiger partial charge in [0.1, 0.15) is 0 Å². The molecule has 0 saturated carbocycles. The van der Waals surface area contributed by atoms with Crippen LogP contribution in [-0.2, 0) is 19.5 Å². The summed E-state index contributed by atoms with van der Waals surface area (Å²) in [6, 6.07) is 8.44. The largest absolute Gasteiger partial charge is 0.313 e. The van der Waals surface area contributed by atoms with Crippen LogP contribution in [0.15, 0.2) is 34.9 Å². The topological polar surface area (TPSA) is 29.9 Å². The number of hydrogen-bond donors (Lipinski definition) is 1. The summed E-state index contributed by atoms with van der Waals surface area (Å²) in [5.74, 6) is 0. The van der Waals surface area contributed by atoms with E-state index in [9.17, 15) is 0 Å². The molecule has 3 nitrogen and oxygen atoms in total. The highest BCUT2D eigenvalue weighted by atomic mass is 79.9. The van der Waals surface area contributed by atoms with Crippen LogP contribution in [-0.4, -0.2) is 16.3 Å². The van der Waals surface area contributed by atoms with E-state index in [2.05, 4.69) is 69.1 Å². The fourth-order valence-electron chi connectivity index (χ4n) is 2.47. The lowest BCUT2D eigenvalue weighted by Crippen LogP contribution is -2.15. The van der Waals surface area contributed by atoms with Crippen LogP contribution in [0.4, 0.5) is 0 Å². The maximum absolute atomic E-state index is 4.60. The van der Waals surface area contributed by atoms with Crippen molar-refractivity contribution < 1.29 is 0 Å². The first-order valence-corrected chi connectivity index (χ1v) is 8.52. The number of nitrogens with one attached hydrogen (secondary N) is 1. The molecule has 2 rings (SSSR count). The van der Waals surface area contributed by atoms with Crippen LogP contribution >= 0.6 is 15.9 Å². The Hall–Kier alpha value is -1.13. The molecule has 0 bridgehead atoms. The zero-order valence-corrected chi connectivity index (χ0v) is 14.5. The summed E-state index contributed by atoms with van der Waals surface area (Å²) in [5, 5.41) is 8.08. The normalized spacial score (nSPS) is 11.0. The first kappa shape index (κ1) is 16.2. The van der Waals surface area contributed by atoms with Crippen molar-refractivity contribution in [2.75, 3.05) is 6.54 Å². The third-order valence-corrected chi connectivity index (χ3v) is 3.98. The molecule has 0 aliphatic carbocycles. The number of nitrogens with zero attached hydrogens (tertiary/aromatic N) is 2. The van der Waals surface area contributed by atoms with Gasteiger partial charge in [-0.3, -0.25) is 4.68 Å². The predicted molar refractivity (Wildman–Crippen MR) is 91.5 cm³/mol. The Morgan fingerprint density at radius 2 is 2.10 bits per heavy atom. The van der Waals surface area contributed by atoms with Crippen molar-refractivity contribution in [3.05, 3.63) is 51.8 Å². The lowest BCUT2D eigenvalue weighted by Gasteiger charge is -2.10. The lowest BCUT2D eigenvalue weighted by molar-refractivity contribution is 0.625. The van der Waals surface area contributed by atoms with Crippen molar-refractivity contribution in [3.8, 4) is 0 Å². The summed E-state index contributed by atoms with van der Waals surface area (Å²) < 4.78 is 3.27. The Morgan fingerprint density at radius 1 is 1.24 bits per heavy atom. The minimum Gasteiger partial charge on any atom is -0.313 e. The van der Waals surface area contributed by atoms with Gasteiger partial charge in [-0.25, -0.2) is 0 Å². The van der Waals surface area contributed by atoms with E-state index in [0.717, 1.165) is 43.4 Å². The van der Waals surface area contributed by atoms with Crippen LogP contribution in [0.25, 0.3) is 0 Å². The Morgan fingerprint density at radius 3 is 2.81 bits per heavy atom. The summed E-state index contributed by atoms with van der Waals surface area (Å²) in [7, 11) is 0. The van der Waals surface area contributed by atoms with Crippen molar-refractivity contribution >= 4 is 15.9 Å². The fraction of sp³-hybridized carbons (Fsp3) is 0.471. The number of rotatable bonds is 8. The second-order valence-electron chi connectivity index (χ2n) is 5.33. The van der Waals surface area contributed by atoms with E-state index in [1.807, 2.05) is 6.20 Å². The maximum atomic E-state index is 4.60. The van der Waals surface area contributed by atoms with Crippen molar-refractivity contribution in [2.45, 2.75) is 46.2 Å². The van der Waals surface area contributed by atoms with Gasteiger partial charge in [0, 0.05) is 22.3 Å².